The van der Waals surface area contributed by atoms with E-state index in [9.17, 15) is 4.79 Å². The lowest BCUT2D eigenvalue weighted by Crippen LogP contribution is -2.02. The van der Waals surface area contributed by atoms with E-state index in [-0.39, 0.29) is 10.8 Å². The van der Waals surface area contributed by atoms with Crippen molar-refractivity contribution >= 4 is 23.2 Å². The molecule has 4 nitrogen and oxygen atoms in total. The maximum atomic E-state index is 10.9. The van der Waals surface area contributed by atoms with Crippen LogP contribution >= 0.6 is 11.6 Å². The molecule has 2 aromatic heterocycles. The summed E-state index contributed by atoms with van der Waals surface area (Å²) in [5.74, 6) is -1.08. The smallest absolute Gasteiger partial charge is 0.356 e. The third kappa shape index (κ3) is 1.24. The number of fused-ring (bicyclic) bond motifs is 1. The van der Waals surface area contributed by atoms with Crippen molar-refractivity contribution < 1.29 is 9.90 Å². The molecule has 0 unspecified atom stereocenters. The van der Waals surface area contributed by atoms with Gasteiger partial charge in [-0.2, -0.15) is 0 Å². The largest absolute Gasteiger partial charge is 0.476 e. The molecule has 2 rings (SSSR count). The molecule has 0 saturated heterocycles. The molecular weight excluding hydrogens is 204 g/mol. The Kier molecular flexibility index (Phi) is 1.93. The van der Waals surface area contributed by atoms with Crippen LogP contribution in [0.4, 0.5) is 0 Å². The normalized spacial score (nSPS) is 10.7. The van der Waals surface area contributed by atoms with Crippen LogP contribution in [0.15, 0.2) is 18.3 Å². The van der Waals surface area contributed by atoms with Crippen molar-refractivity contribution in [3.63, 3.8) is 0 Å². The SMILES string of the molecule is Cc1ccc2nc(Cl)c(C(=O)O)n2c1. The number of carboxylic acids is 1. The van der Waals surface area contributed by atoms with Crippen LogP contribution in [0.25, 0.3) is 5.65 Å². The summed E-state index contributed by atoms with van der Waals surface area (Å²) in [6.07, 6.45) is 1.69. The summed E-state index contributed by atoms with van der Waals surface area (Å²) < 4.78 is 1.47. The highest BCUT2D eigenvalue weighted by Crippen LogP contribution is 2.18. The number of carbonyl (C=O) groups is 1. The van der Waals surface area contributed by atoms with E-state index in [4.69, 9.17) is 16.7 Å². The first-order valence-corrected chi connectivity index (χ1v) is 4.35. The summed E-state index contributed by atoms with van der Waals surface area (Å²) in [5, 5.41) is 8.91. The molecule has 0 aliphatic heterocycles. The summed E-state index contributed by atoms with van der Waals surface area (Å²) in [4.78, 5) is 14.8. The highest BCUT2D eigenvalue weighted by molar-refractivity contribution is 6.32. The molecule has 14 heavy (non-hydrogen) atoms. The zero-order valence-electron chi connectivity index (χ0n) is 7.36. The molecule has 0 aliphatic carbocycles. The number of rotatable bonds is 1. The minimum Gasteiger partial charge on any atom is -0.476 e. The van der Waals surface area contributed by atoms with Crippen molar-refractivity contribution in [3.8, 4) is 0 Å². The van der Waals surface area contributed by atoms with Crippen LogP contribution < -0.4 is 0 Å². The van der Waals surface area contributed by atoms with Crippen LogP contribution in [0.5, 0.6) is 0 Å². The van der Waals surface area contributed by atoms with E-state index in [2.05, 4.69) is 4.98 Å². The van der Waals surface area contributed by atoms with Gasteiger partial charge in [0.15, 0.2) is 10.8 Å². The minimum absolute atomic E-state index is 0.00497. The quantitative estimate of drug-likeness (QED) is 0.783. The van der Waals surface area contributed by atoms with Gasteiger partial charge in [0.05, 0.1) is 0 Å². The van der Waals surface area contributed by atoms with Gasteiger partial charge in [0, 0.05) is 6.20 Å². The number of aromatic carboxylic acids is 1. The Balaban J connectivity index is 2.86. The number of nitrogens with zero attached hydrogens (tertiary/aromatic N) is 2. The van der Waals surface area contributed by atoms with Crippen LogP contribution in [-0.4, -0.2) is 20.5 Å². The first kappa shape index (κ1) is 9.02. The fraction of sp³-hybridized carbons (Fsp3) is 0.111. The Morgan fingerprint density at radius 1 is 1.57 bits per heavy atom. The number of halogens is 1. The van der Waals surface area contributed by atoms with Gasteiger partial charge in [0.2, 0.25) is 0 Å². The van der Waals surface area contributed by atoms with Crippen LogP contribution in [0.3, 0.4) is 0 Å². The van der Waals surface area contributed by atoms with Gasteiger partial charge in [-0.15, -0.1) is 0 Å². The van der Waals surface area contributed by atoms with Gasteiger partial charge < -0.3 is 5.11 Å². The summed E-state index contributed by atoms with van der Waals surface area (Å²) in [6, 6.07) is 3.58. The van der Waals surface area contributed by atoms with Crippen molar-refractivity contribution in [1.29, 1.82) is 0 Å². The van der Waals surface area contributed by atoms with E-state index in [1.807, 2.05) is 13.0 Å². The molecule has 0 amide bonds. The standard InChI is InChI=1S/C9H7ClN2O2/c1-5-2-3-6-11-8(10)7(9(13)14)12(6)4-5/h2-4H,1H3,(H,13,14). The zero-order chi connectivity index (χ0) is 10.3. The Morgan fingerprint density at radius 3 is 2.93 bits per heavy atom. The summed E-state index contributed by atoms with van der Waals surface area (Å²) >= 11 is 5.70. The van der Waals surface area contributed by atoms with Crippen LogP contribution in [0.1, 0.15) is 16.1 Å². The highest BCUT2D eigenvalue weighted by Gasteiger charge is 2.16. The lowest BCUT2D eigenvalue weighted by molar-refractivity contribution is 0.0689. The number of aryl methyl sites for hydroxylation is 1. The van der Waals surface area contributed by atoms with Gasteiger partial charge in [-0.3, -0.25) is 4.40 Å². The number of hydrogen-bond donors (Lipinski definition) is 1. The van der Waals surface area contributed by atoms with Crippen molar-refractivity contribution in [2.45, 2.75) is 6.92 Å². The first-order valence-electron chi connectivity index (χ1n) is 3.97. The molecule has 5 heteroatoms. The van der Waals surface area contributed by atoms with Gasteiger partial charge >= 0.3 is 5.97 Å². The third-order valence-electron chi connectivity index (χ3n) is 1.93. The van der Waals surface area contributed by atoms with E-state index in [1.54, 1.807) is 12.3 Å². The number of carboxylic acid groups (broad SMARTS) is 1. The second-order valence-electron chi connectivity index (χ2n) is 2.99. The Morgan fingerprint density at radius 2 is 2.29 bits per heavy atom. The zero-order valence-corrected chi connectivity index (χ0v) is 8.12. The third-order valence-corrected chi connectivity index (χ3v) is 2.19. The maximum Gasteiger partial charge on any atom is 0.356 e. The van der Waals surface area contributed by atoms with E-state index >= 15 is 0 Å². The predicted molar refractivity (Wildman–Crippen MR) is 51.9 cm³/mol. The van der Waals surface area contributed by atoms with Crippen molar-refractivity contribution in [2.75, 3.05) is 0 Å². The van der Waals surface area contributed by atoms with Crippen molar-refractivity contribution in [3.05, 3.63) is 34.7 Å². The molecule has 0 atom stereocenters. The van der Waals surface area contributed by atoms with E-state index in [1.165, 1.54) is 4.40 Å². The van der Waals surface area contributed by atoms with Gasteiger partial charge in [-0.25, -0.2) is 9.78 Å². The number of pyridine rings is 1. The molecule has 2 aromatic rings. The highest BCUT2D eigenvalue weighted by atomic mass is 35.5. The minimum atomic E-state index is -1.08. The first-order chi connectivity index (χ1) is 6.59. The molecule has 0 saturated carbocycles. The van der Waals surface area contributed by atoms with E-state index in [0.29, 0.717) is 5.65 Å². The lowest BCUT2D eigenvalue weighted by Gasteiger charge is -1.97. The maximum absolute atomic E-state index is 10.9. The van der Waals surface area contributed by atoms with E-state index in [0.717, 1.165) is 5.56 Å². The number of imidazole rings is 1. The fourth-order valence-electron chi connectivity index (χ4n) is 1.31. The Bertz CT molecular complexity index is 519. The predicted octanol–water partition coefficient (Wildman–Crippen LogP) is 1.99. The summed E-state index contributed by atoms with van der Waals surface area (Å²) in [7, 11) is 0. The molecule has 72 valence electrons. The fourth-order valence-corrected chi connectivity index (χ4v) is 1.57. The number of hydrogen-bond acceptors (Lipinski definition) is 2. The lowest BCUT2D eigenvalue weighted by atomic mass is 10.3. The number of aromatic nitrogens is 2. The van der Waals surface area contributed by atoms with Gasteiger partial charge in [0.1, 0.15) is 5.65 Å². The van der Waals surface area contributed by atoms with Crippen molar-refractivity contribution in [1.82, 2.24) is 9.38 Å². The molecule has 0 aromatic carbocycles. The monoisotopic (exact) mass is 210 g/mol. The molecule has 0 aliphatic rings. The molecule has 0 bridgehead atoms. The molecule has 0 radical (unpaired) electrons. The second-order valence-corrected chi connectivity index (χ2v) is 3.35. The van der Waals surface area contributed by atoms with Crippen molar-refractivity contribution in [2.24, 2.45) is 0 Å². The average Bonchev–Trinajstić information content (AvgIpc) is 2.40. The average molecular weight is 211 g/mol. The topological polar surface area (TPSA) is 54.6 Å². The van der Waals surface area contributed by atoms with E-state index < -0.39 is 5.97 Å². The molecule has 0 spiro atoms. The molecule has 2 heterocycles. The summed E-state index contributed by atoms with van der Waals surface area (Å²) in [6.45, 7) is 1.87. The van der Waals surface area contributed by atoms with Crippen LogP contribution in [0.2, 0.25) is 5.15 Å². The van der Waals surface area contributed by atoms with Crippen LogP contribution in [-0.2, 0) is 0 Å². The van der Waals surface area contributed by atoms with Gasteiger partial charge in [0.25, 0.3) is 0 Å². The Hall–Kier alpha value is -1.55. The van der Waals surface area contributed by atoms with Crippen LogP contribution in [0, 0.1) is 6.92 Å². The Labute approximate surface area is 84.8 Å². The molecular formula is C9H7ClN2O2. The second kappa shape index (κ2) is 2.99. The molecule has 0 fully saturated rings. The van der Waals surface area contributed by atoms with Gasteiger partial charge in [-0.1, -0.05) is 17.7 Å². The molecule has 1 N–H and O–H groups in total. The summed E-state index contributed by atoms with van der Waals surface area (Å²) in [5.41, 5.74) is 1.50. The van der Waals surface area contributed by atoms with Gasteiger partial charge in [-0.05, 0) is 18.6 Å².